The predicted molar refractivity (Wildman–Crippen MR) is 122 cm³/mol. The van der Waals surface area contributed by atoms with Crippen molar-refractivity contribution in [2.75, 3.05) is 13.7 Å². The molecule has 0 bridgehead atoms. The predicted octanol–water partition coefficient (Wildman–Crippen LogP) is 4.20. The van der Waals surface area contributed by atoms with E-state index in [2.05, 4.69) is 26.5 Å². The van der Waals surface area contributed by atoms with Gasteiger partial charge in [-0.2, -0.15) is 5.10 Å². The first kappa shape index (κ1) is 22.8. The van der Waals surface area contributed by atoms with E-state index in [4.69, 9.17) is 18.6 Å². The third-order valence-electron chi connectivity index (χ3n) is 3.91. The molecule has 0 saturated carbocycles. The summed E-state index contributed by atoms with van der Waals surface area (Å²) in [7, 11) is 1.52. The van der Waals surface area contributed by atoms with Crippen LogP contribution in [0.2, 0.25) is 0 Å². The van der Waals surface area contributed by atoms with Crippen LogP contribution in [0.15, 0.2) is 80.9 Å². The molecule has 1 heterocycles. The van der Waals surface area contributed by atoms with E-state index in [1.54, 1.807) is 54.6 Å². The maximum atomic E-state index is 11.9. The normalized spacial score (nSPS) is 10.9. The minimum absolute atomic E-state index is 0.226. The minimum atomic E-state index is -0.530. The van der Waals surface area contributed by atoms with E-state index in [-0.39, 0.29) is 6.61 Å². The summed E-state index contributed by atoms with van der Waals surface area (Å²) in [6, 6.07) is 15.3. The molecular formula is C23H19BrN2O6. The Morgan fingerprint density at radius 2 is 1.94 bits per heavy atom. The molecular weight excluding hydrogens is 480 g/mol. The number of hydrogen-bond donors (Lipinski definition) is 1. The maximum Gasteiger partial charge on any atom is 0.336 e. The lowest BCUT2D eigenvalue weighted by Crippen LogP contribution is -2.24. The van der Waals surface area contributed by atoms with Crippen molar-refractivity contribution in [3.8, 4) is 17.2 Å². The molecule has 32 heavy (non-hydrogen) atoms. The van der Waals surface area contributed by atoms with Crippen LogP contribution in [0.1, 0.15) is 11.3 Å². The summed E-state index contributed by atoms with van der Waals surface area (Å²) >= 11 is 3.34. The number of methoxy groups -OCH3 is 1. The molecule has 1 aromatic heterocycles. The quantitative estimate of drug-likeness (QED) is 0.156. The number of ether oxygens (including phenoxy) is 3. The molecule has 8 nitrogen and oxygen atoms in total. The van der Waals surface area contributed by atoms with Crippen LogP contribution >= 0.6 is 15.9 Å². The van der Waals surface area contributed by atoms with Crippen LogP contribution < -0.4 is 19.6 Å². The fraction of sp³-hybridized carbons (Fsp3) is 0.0870. The van der Waals surface area contributed by atoms with Gasteiger partial charge in [0.1, 0.15) is 11.5 Å². The zero-order valence-corrected chi connectivity index (χ0v) is 18.6. The number of hydrazone groups is 1. The van der Waals surface area contributed by atoms with Crippen molar-refractivity contribution >= 4 is 40.1 Å². The summed E-state index contributed by atoms with van der Waals surface area (Å²) in [5.74, 6) is 0.915. The number of hydrogen-bond acceptors (Lipinski definition) is 7. The van der Waals surface area contributed by atoms with Crippen LogP contribution in [0, 0.1) is 0 Å². The number of benzene rings is 2. The number of esters is 1. The molecule has 3 aromatic rings. The van der Waals surface area contributed by atoms with Gasteiger partial charge in [0.25, 0.3) is 5.91 Å². The summed E-state index contributed by atoms with van der Waals surface area (Å²) in [6.07, 6.45) is 5.76. The Morgan fingerprint density at radius 3 is 2.66 bits per heavy atom. The van der Waals surface area contributed by atoms with Gasteiger partial charge in [0.05, 0.1) is 19.6 Å². The lowest BCUT2D eigenvalue weighted by Gasteiger charge is -2.10. The van der Waals surface area contributed by atoms with Gasteiger partial charge in [-0.05, 0) is 66.2 Å². The number of nitrogens with one attached hydrogen (secondary N) is 1. The molecule has 9 heteroatoms. The van der Waals surface area contributed by atoms with Gasteiger partial charge >= 0.3 is 5.97 Å². The van der Waals surface area contributed by atoms with Crippen molar-refractivity contribution in [1.29, 1.82) is 0 Å². The summed E-state index contributed by atoms with van der Waals surface area (Å²) < 4.78 is 21.8. The van der Waals surface area contributed by atoms with Crippen LogP contribution in [0.5, 0.6) is 17.2 Å². The second-order valence-corrected chi connectivity index (χ2v) is 7.13. The second kappa shape index (κ2) is 11.5. The van der Waals surface area contributed by atoms with E-state index in [1.165, 1.54) is 31.7 Å². The SMILES string of the molecule is COc1cc(Br)ccc1OCC(=O)NN=Cc1ccc(OC(=O)C=Cc2ccco2)cc1. The Balaban J connectivity index is 1.44. The van der Waals surface area contributed by atoms with Gasteiger partial charge in [0.15, 0.2) is 18.1 Å². The van der Waals surface area contributed by atoms with E-state index in [1.807, 2.05) is 0 Å². The van der Waals surface area contributed by atoms with Crippen molar-refractivity contribution in [3.63, 3.8) is 0 Å². The van der Waals surface area contributed by atoms with E-state index in [0.29, 0.717) is 28.6 Å². The molecule has 1 N–H and O–H groups in total. The number of carbonyl (C=O) groups excluding carboxylic acids is 2. The van der Waals surface area contributed by atoms with Crippen LogP contribution in [-0.2, 0) is 9.59 Å². The van der Waals surface area contributed by atoms with Crippen LogP contribution in [0.4, 0.5) is 0 Å². The lowest BCUT2D eigenvalue weighted by molar-refractivity contribution is -0.129. The highest BCUT2D eigenvalue weighted by Gasteiger charge is 2.07. The number of carbonyl (C=O) groups is 2. The largest absolute Gasteiger partial charge is 0.493 e. The van der Waals surface area contributed by atoms with Gasteiger partial charge in [-0.3, -0.25) is 4.79 Å². The van der Waals surface area contributed by atoms with Crippen molar-refractivity contribution in [2.45, 2.75) is 0 Å². The molecule has 0 aliphatic carbocycles. The maximum absolute atomic E-state index is 11.9. The van der Waals surface area contributed by atoms with Crippen molar-refractivity contribution in [2.24, 2.45) is 5.10 Å². The average molecular weight is 499 g/mol. The average Bonchev–Trinajstić information content (AvgIpc) is 3.32. The number of furan rings is 1. The molecule has 0 atom stereocenters. The second-order valence-electron chi connectivity index (χ2n) is 6.22. The zero-order valence-electron chi connectivity index (χ0n) is 17.0. The molecule has 0 fully saturated rings. The van der Waals surface area contributed by atoms with E-state index < -0.39 is 11.9 Å². The highest BCUT2D eigenvalue weighted by Crippen LogP contribution is 2.30. The third-order valence-corrected chi connectivity index (χ3v) is 4.41. The summed E-state index contributed by atoms with van der Waals surface area (Å²) in [6.45, 7) is -0.226. The molecule has 0 saturated heterocycles. The topological polar surface area (TPSA) is 99.4 Å². The van der Waals surface area contributed by atoms with Gasteiger partial charge in [-0.15, -0.1) is 0 Å². The summed E-state index contributed by atoms with van der Waals surface area (Å²) in [5, 5.41) is 3.89. The molecule has 0 aliphatic heterocycles. The first-order valence-electron chi connectivity index (χ1n) is 9.35. The first-order valence-corrected chi connectivity index (χ1v) is 10.1. The van der Waals surface area contributed by atoms with Gasteiger partial charge in [-0.25, -0.2) is 10.2 Å². The van der Waals surface area contributed by atoms with Crippen molar-refractivity contribution < 1.29 is 28.2 Å². The smallest absolute Gasteiger partial charge is 0.336 e. The van der Waals surface area contributed by atoms with Gasteiger partial charge < -0.3 is 18.6 Å². The number of rotatable bonds is 9. The number of nitrogens with zero attached hydrogens (tertiary/aromatic N) is 1. The molecule has 2 aromatic carbocycles. The molecule has 0 unspecified atom stereocenters. The van der Waals surface area contributed by atoms with Crippen molar-refractivity contribution in [3.05, 3.63) is 82.7 Å². The Labute approximate surface area is 192 Å². The van der Waals surface area contributed by atoms with Gasteiger partial charge in [0.2, 0.25) is 0 Å². The molecule has 0 aliphatic rings. The van der Waals surface area contributed by atoms with E-state index in [0.717, 1.165) is 4.47 Å². The van der Waals surface area contributed by atoms with Crippen LogP contribution in [0.3, 0.4) is 0 Å². The molecule has 3 rings (SSSR count). The standard InChI is InChI=1S/C23H19BrN2O6/c1-29-21-13-17(24)6-10-20(21)31-15-22(27)26-25-14-16-4-7-19(8-5-16)32-23(28)11-9-18-3-2-12-30-18/h2-14H,15H2,1H3,(H,26,27). The molecule has 0 spiro atoms. The lowest BCUT2D eigenvalue weighted by atomic mass is 10.2. The van der Waals surface area contributed by atoms with Crippen molar-refractivity contribution in [1.82, 2.24) is 5.43 Å². The summed E-state index contributed by atoms with van der Waals surface area (Å²) in [4.78, 5) is 23.7. The van der Waals surface area contributed by atoms with Crippen LogP contribution in [0.25, 0.3) is 6.08 Å². The Bertz CT molecular complexity index is 1110. The molecule has 0 radical (unpaired) electrons. The Hall–Kier alpha value is -3.85. The third kappa shape index (κ3) is 7.13. The number of halogens is 1. The fourth-order valence-corrected chi connectivity index (χ4v) is 2.76. The Kier molecular flexibility index (Phi) is 8.22. The van der Waals surface area contributed by atoms with Gasteiger partial charge in [0, 0.05) is 10.5 Å². The molecule has 1 amide bonds. The highest BCUT2D eigenvalue weighted by atomic mass is 79.9. The minimum Gasteiger partial charge on any atom is -0.493 e. The fourth-order valence-electron chi connectivity index (χ4n) is 2.42. The van der Waals surface area contributed by atoms with E-state index in [9.17, 15) is 9.59 Å². The van der Waals surface area contributed by atoms with Crippen LogP contribution in [-0.4, -0.2) is 31.8 Å². The van der Waals surface area contributed by atoms with E-state index >= 15 is 0 Å². The zero-order chi connectivity index (χ0) is 22.8. The van der Waals surface area contributed by atoms with Gasteiger partial charge in [-0.1, -0.05) is 15.9 Å². The Morgan fingerprint density at radius 1 is 1.12 bits per heavy atom. The summed E-state index contributed by atoms with van der Waals surface area (Å²) in [5.41, 5.74) is 3.08. The highest BCUT2D eigenvalue weighted by molar-refractivity contribution is 9.10. The monoisotopic (exact) mass is 498 g/mol. The number of amides is 1. The first-order chi connectivity index (χ1) is 15.5. The molecule has 164 valence electrons.